The molecule has 3 aromatic rings. The predicted molar refractivity (Wildman–Crippen MR) is 113 cm³/mol. The van der Waals surface area contributed by atoms with Gasteiger partial charge in [0.1, 0.15) is 18.1 Å². The number of hydrogen-bond acceptors (Lipinski definition) is 6. The number of non-ortho nitro benzene ring substituents is 1. The summed E-state index contributed by atoms with van der Waals surface area (Å²) in [6.07, 6.45) is 3.28. The van der Waals surface area contributed by atoms with Crippen molar-refractivity contribution >= 4 is 28.9 Å². The number of ketones is 1. The highest BCUT2D eigenvalue weighted by Crippen LogP contribution is 2.25. The molecule has 0 aliphatic rings. The molecule has 0 aliphatic heterocycles. The number of nitro groups is 1. The zero-order chi connectivity index (χ0) is 20.8. The van der Waals surface area contributed by atoms with Crippen molar-refractivity contribution in [3.05, 3.63) is 91.7 Å². The summed E-state index contributed by atoms with van der Waals surface area (Å²) in [5, 5.41) is 10.9. The van der Waals surface area contributed by atoms with Gasteiger partial charge < -0.3 is 9.47 Å². The number of nitro benzene ring substituents is 1. The fourth-order valence-electron chi connectivity index (χ4n) is 2.68. The van der Waals surface area contributed by atoms with Crippen molar-refractivity contribution in [2.75, 3.05) is 7.11 Å². The van der Waals surface area contributed by atoms with E-state index < -0.39 is 4.92 Å². The fraction of sp³-hybridized carbons (Fsp3) is 0.136. The minimum absolute atomic E-state index is 0.0338. The van der Waals surface area contributed by atoms with Crippen LogP contribution in [0.4, 0.5) is 5.69 Å². The molecule has 0 unspecified atom stereocenters. The molecule has 0 saturated carbocycles. The quantitative estimate of drug-likeness (QED) is 0.214. The molecular formula is C22H19NO5S. The van der Waals surface area contributed by atoms with E-state index in [0.717, 1.165) is 16.0 Å². The molecule has 0 N–H and O–H groups in total. The number of rotatable bonds is 8. The van der Waals surface area contributed by atoms with Crippen molar-refractivity contribution in [1.29, 1.82) is 0 Å². The SMILES string of the molecule is COc1ccc(/C=C/C(=O)c2ccc(C)s2)cc1COc1cccc([N+](=O)[O-])c1. The number of methoxy groups -OCH3 is 1. The van der Waals surface area contributed by atoms with Crippen LogP contribution in [0.25, 0.3) is 6.08 Å². The number of carbonyl (C=O) groups is 1. The van der Waals surface area contributed by atoms with Gasteiger partial charge in [0.2, 0.25) is 0 Å². The van der Waals surface area contributed by atoms with Crippen molar-refractivity contribution in [3.8, 4) is 11.5 Å². The number of nitrogens with zero attached hydrogens (tertiary/aromatic N) is 1. The monoisotopic (exact) mass is 409 g/mol. The number of ether oxygens (including phenoxy) is 2. The first-order valence-electron chi connectivity index (χ1n) is 8.79. The normalized spacial score (nSPS) is 10.8. The molecule has 0 fully saturated rings. The van der Waals surface area contributed by atoms with Gasteiger partial charge in [-0.2, -0.15) is 0 Å². The summed E-state index contributed by atoms with van der Waals surface area (Å²) in [6, 6.07) is 15.3. The summed E-state index contributed by atoms with van der Waals surface area (Å²) in [5.41, 5.74) is 1.55. The van der Waals surface area contributed by atoms with E-state index >= 15 is 0 Å². The lowest BCUT2D eigenvalue weighted by Gasteiger charge is -2.11. The standard InChI is InChI=1S/C22H19NO5S/c1-15-6-11-22(29-15)20(24)9-7-16-8-10-21(27-2)17(12-16)14-28-19-5-3-4-18(13-19)23(25)26/h3-13H,14H2,1-2H3/b9-7+. The van der Waals surface area contributed by atoms with Gasteiger partial charge in [-0.15, -0.1) is 11.3 Å². The minimum Gasteiger partial charge on any atom is -0.496 e. The molecule has 0 saturated heterocycles. The maximum atomic E-state index is 12.3. The van der Waals surface area contributed by atoms with Crippen molar-refractivity contribution < 1.29 is 19.2 Å². The Morgan fingerprint density at radius 3 is 2.69 bits per heavy atom. The topological polar surface area (TPSA) is 78.7 Å². The van der Waals surface area contributed by atoms with Gasteiger partial charge in [-0.3, -0.25) is 14.9 Å². The Kier molecular flexibility index (Phi) is 6.41. The Morgan fingerprint density at radius 2 is 2.00 bits per heavy atom. The number of hydrogen-bond donors (Lipinski definition) is 0. The highest BCUT2D eigenvalue weighted by atomic mass is 32.1. The van der Waals surface area contributed by atoms with E-state index in [0.29, 0.717) is 16.4 Å². The summed E-state index contributed by atoms with van der Waals surface area (Å²) < 4.78 is 11.1. The molecule has 7 heteroatoms. The van der Waals surface area contributed by atoms with E-state index in [-0.39, 0.29) is 18.1 Å². The summed E-state index contributed by atoms with van der Waals surface area (Å²) >= 11 is 1.46. The molecule has 0 spiro atoms. The largest absolute Gasteiger partial charge is 0.496 e. The first kappa shape index (κ1) is 20.3. The third kappa shape index (κ3) is 5.30. The summed E-state index contributed by atoms with van der Waals surface area (Å²) in [4.78, 5) is 24.5. The van der Waals surface area contributed by atoms with Crippen LogP contribution in [0.5, 0.6) is 11.5 Å². The lowest BCUT2D eigenvalue weighted by Crippen LogP contribution is -2.00. The second-order valence-corrected chi connectivity index (χ2v) is 7.51. The van der Waals surface area contributed by atoms with Crippen molar-refractivity contribution in [2.45, 2.75) is 13.5 Å². The summed E-state index contributed by atoms with van der Waals surface area (Å²) in [5.74, 6) is 0.978. The molecule has 0 atom stereocenters. The van der Waals surface area contributed by atoms with Crippen LogP contribution in [0.3, 0.4) is 0 Å². The molecule has 6 nitrogen and oxygen atoms in total. The average molecular weight is 409 g/mol. The zero-order valence-corrected chi connectivity index (χ0v) is 16.8. The molecular weight excluding hydrogens is 390 g/mol. The Bertz CT molecular complexity index is 1070. The van der Waals surface area contributed by atoms with Gasteiger partial charge in [-0.1, -0.05) is 18.2 Å². The fourth-order valence-corrected chi connectivity index (χ4v) is 3.47. The lowest BCUT2D eigenvalue weighted by atomic mass is 10.1. The molecule has 0 aliphatic carbocycles. The van der Waals surface area contributed by atoms with Gasteiger partial charge in [-0.25, -0.2) is 0 Å². The van der Waals surface area contributed by atoms with Crippen LogP contribution in [0.1, 0.15) is 25.7 Å². The van der Waals surface area contributed by atoms with Crippen molar-refractivity contribution in [3.63, 3.8) is 0 Å². The maximum absolute atomic E-state index is 12.3. The van der Waals surface area contributed by atoms with E-state index in [2.05, 4.69) is 0 Å². The van der Waals surface area contributed by atoms with E-state index in [9.17, 15) is 14.9 Å². The minimum atomic E-state index is -0.467. The second kappa shape index (κ2) is 9.16. The Morgan fingerprint density at radius 1 is 1.17 bits per heavy atom. The van der Waals surface area contributed by atoms with E-state index in [4.69, 9.17) is 9.47 Å². The first-order chi connectivity index (χ1) is 14.0. The molecule has 0 amide bonds. The van der Waals surface area contributed by atoms with Gasteiger partial charge in [0.05, 0.1) is 23.0 Å². The Balaban J connectivity index is 1.75. The molecule has 0 radical (unpaired) electrons. The van der Waals surface area contributed by atoms with E-state index in [1.165, 1.54) is 29.5 Å². The summed E-state index contributed by atoms with van der Waals surface area (Å²) in [7, 11) is 1.56. The Hall–Kier alpha value is -3.45. The number of carbonyl (C=O) groups excluding carboxylic acids is 1. The van der Waals surface area contributed by atoms with Gasteiger partial charge in [-0.05, 0) is 48.9 Å². The summed E-state index contributed by atoms with van der Waals surface area (Å²) in [6.45, 7) is 2.13. The highest BCUT2D eigenvalue weighted by molar-refractivity contribution is 7.14. The number of aryl methyl sites for hydroxylation is 1. The van der Waals surface area contributed by atoms with Crippen LogP contribution in [-0.2, 0) is 6.61 Å². The lowest BCUT2D eigenvalue weighted by molar-refractivity contribution is -0.384. The van der Waals surface area contributed by atoms with E-state index in [1.807, 2.05) is 31.2 Å². The molecule has 148 valence electrons. The number of thiophene rings is 1. The Labute approximate surface area is 172 Å². The van der Waals surface area contributed by atoms with Crippen molar-refractivity contribution in [2.24, 2.45) is 0 Å². The second-order valence-electron chi connectivity index (χ2n) is 6.22. The van der Waals surface area contributed by atoms with Crippen LogP contribution in [-0.4, -0.2) is 17.8 Å². The van der Waals surface area contributed by atoms with Crippen LogP contribution in [0.15, 0.2) is 60.7 Å². The third-order valence-corrected chi connectivity index (χ3v) is 5.15. The van der Waals surface area contributed by atoms with E-state index in [1.54, 1.807) is 31.4 Å². The van der Waals surface area contributed by atoms with Gasteiger partial charge in [0.15, 0.2) is 5.78 Å². The van der Waals surface area contributed by atoms with Crippen molar-refractivity contribution in [1.82, 2.24) is 0 Å². The van der Waals surface area contributed by atoms with Crippen LogP contribution in [0, 0.1) is 17.0 Å². The molecule has 3 rings (SSSR count). The van der Waals surface area contributed by atoms with Gasteiger partial charge in [0, 0.05) is 16.5 Å². The van der Waals surface area contributed by atoms with Crippen LogP contribution >= 0.6 is 11.3 Å². The smallest absolute Gasteiger partial charge is 0.273 e. The van der Waals surface area contributed by atoms with Crippen LogP contribution in [0.2, 0.25) is 0 Å². The molecule has 1 heterocycles. The zero-order valence-electron chi connectivity index (χ0n) is 16.0. The maximum Gasteiger partial charge on any atom is 0.273 e. The number of benzene rings is 2. The molecule has 1 aromatic heterocycles. The highest BCUT2D eigenvalue weighted by Gasteiger charge is 2.09. The average Bonchev–Trinajstić information content (AvgIpc) is 3.17. The third-order valence-electron chi connectivity index (χ3n) is 4.14. The molecule has 0 bridgehead atoms. The van der Waals surface area contributed by atoms with Gasteiger partial charge in [0.25, 0.3) is 5.69 Å². The van der Waals surface area contributed by atoms with Gasteiger partial charge >= 0.3 is 0 Å². The number of allylic oxidation sites excluding steroid dienone is 1. The predicted octanol–water partition coefficient (Wildman–Crippen LogP) is 5.45. The molecule has 29 heavy (non-hydrogen) atoms. The molecule has 2 aromatic carbocycles. The first-order valence-corrected chi connectivity index (χ1v) is 9.61. The van der Waals surface area contributed by atoms with Crippen LogP contribution < -0.4 is 9.47 Å².